The second kappa shape index (κ2) is 19.8. The van der Waals surface area contributed by atoms with Gasteiger partial charge in [-0.05, 0) is 72.5 Å². The highest BCUT2D eigenvalue weighted by atomic mass is 79.9. The van der Waals surface area contributed by atoms with Crippen molar-refractivity contribution in [3.8, 4) is 22.5 Å². The summed E-state index contributed by atoms with van der Waals surface area (Å²) in [6.07, 6.45) is 1.80. The number of anilines is 3. The van der Waals surface area contributed by atoms with Gasteiger partial charge in [-0.2, -0.15) is 0 Å². The summed E-state index contributed by atoms with van der Waals surface area (Å²) in [5, 5.41) is 3.43. The molecule has 0 radical (unpaired) electrons. The molecule has 3 heterocycles. The molecule has 1 N–H and O–H groups in total. The van der Waals surface area contributed by atoms with Gasteiger partial charge in [-0.3, -0.25) is 0 Å². The molecule has 0 spiro atoms. The Balaban J connectivity index is 0.000000198. The highest BCUT2D eigenvalue weighted by Crippen LogP contribution is 2.39. The molecule has 308 valence electrons. The third kappa shape index (κ3) is 9.58. The van der Waals surface area contributed by atoms with Gasteiger partial charge in [-0.25, -0.2) is 29.5 Å². The number of nitrogens with one attached hydrogen (secondary N) is 1. The topological polar surface area (TPSA) is 119 Å². The second-order valence-electron chi connectivity index (χ2n) is 13.7. The molecular formula is C50H47BrN6O4. The van der Waals surface area contributed by atoms with Gasteiger partial charge in [0.1, 0.15) is 11.4 Å². The molecular weight excluding hydrogens is 828 g/mol. The molecule has 0 fully saturated rings. The van der Waals surface area contributed by atoms with Crippen LogP contribution in [-0.4, -0.2) is 59.2 Å². The number of benzene rings is 6. The van der Waals surface area contributed by atoms with Gasteiger partial charge in [0.2, 0.25) is 0 Å². The molecule has 8 aromatic rings. The summed E-state index contributed by atoms with van der Waals surface area (Å²) in [6.45, 7) is 1.54. The molecule has 1 aliphatic rings. The quantitative estimate of drug-likeness (QED) is 0.140. The zero-order valence-electron chi connectivity index (χ0n) is 32.4. The third-order valence-corrected chi connectivity index (χ3v) is 10.8. The Morgan fingerprint density at radius 1 is 0.623 bits per heavy atom. The van der Waals surface area contributed by atoms with E-state index in [2.05, 4.69) is 50.4 Å². The van der Waals surface area contributed by atoms with Gasteiger partial charge in [0, 0.05) is 34.4 Å². The van der Waals surface area contributed by atoms with E-state index in [9.17, 15) is 9.59 Å². The zero-order chi connectivity index (χ0) is 40.7. The number of carbonyl (C=O) groups excluding carboxylic acids is 2. The van der Waals surface area contributed by atoms with Gasteiger partial charge in [0.05, 0.1) is 47.4 Å². The Bertz CT molecular complexity index is 2800. The van der Waals surface area contributed by atoms with Crippen LogP contribution in [0.2, 0.25) is 0 Å². The lowest BCUT2D eigenvalue weighted by Gasteiger charge is -2.22. The number of halogens is 1. The molecule has 0 unspecified atom stereocenters. The van der Waals surface area contributed by atoms with Crippen molar-refractivity contribution >= 4 is 67.3 Å². The minimum atomic E-state index is -0.394. The molecule has 11 heteroatoms. The molecule has 0 saturated carbocycles. The van der Waals surface area contributed by atoms with Crippen molar-refractivity contribution in [2.45, 2.75) is 27.7 Å². The monoisotopic (exact) mass is 874 g/mol. The van der Waals surface area contributed by atoms with E-state index in [0.29, 0.717) is 34.5 Å². The first kappa shape index (κ1) is 43.6. The number of nitrogens with zero attached hydrogens (tertiary/aromatic N) is 5. The lowest BCUT2D eigenvalue weighted by atomic mass is 10.1. The van der Waals surface area contributed by atoms with Crippen LogP contribution in [0, 0.1) is 0 Å². The fraction of sp³-hybridized carbons (Fsp3) is 0.160. The molecule has 6 aromatic carbocycles. The molecule has 0 atom stereocenters. The SMILES string of the molecule is C.C.COC(=O)c1ccc2nc(-c3ccccc3)c(N3CCc4ccccc43)nc2c1.COC(=O)c1ccc2nc(-c3ccccc3)c(NCCc3ccccc3Br)nc2c1. The van der Waals surface area contributed by atoms with Crippen molar-refractivity contribution in [2.75, 3.05) is 37.5 Å². The number of hydrogen-bond acceptors (Lipinski definition) is 10. The Morgan fingerprint density at radius 2 is 1.16 bits per heavy atom. The minimum Gasteiger partial charge on any atom is -0.465 e. The summed E-state index contributed by atoms with van der Waals surface area (Å²) in [4.78, 5) is 45.6. The lowest BCUT2D eigenvalue weighted by molar-refractivity contribution is 0.0592. The van der Waals surface area contributed by atoms with Crippen molar-refractivity contribution in [1.82, 2.24) is 19.9 Å². The first-order valence-corrected chi connectivity index (χ1v) is 19.9. The first-order chi connectivity index (χ1) is 28.9. The minimum absolute atomic E-state index is 0. The summed E-state index contributed by atoms with van der Waals surface area (Å²) in [7, 11) is 2.74. The molecule has 0 amide bonds. The van der Waals surface area contributed by atoms with Gasteiger partial charge >= 0.3 is 11.9 Å². The van der Waals surface area contributed by atoms with Crippen LogP contribution in [-0.2, 0) is 22.3 Å². The fourth-order valence-electron chi connectivity index (χ4n) is 7.06. The van der Waals surface area contributed by atoms with Crippen LogP contribution < -0.4 is 10.2 Å². The van der Waals surface area contributed by atoms with E-state index in [1.807, 2.05) is 91.0 Å². The molecule has 61 heavy (non-hydrogen) atoms. The highest BCUT2D eigenvalue weighted by molar-refractivity contribution is 9.10. The van der Waals surface area contributed by atoms with Gasteiger partial charge in [-0.1, -0.05) is 128 Å². The number of para-hydroxylation sites is 1. The van der Waals surface area contributed by atoms with Crippen LogP contribution in [0.1, 0.15) is 46.7 Å². The van der Waals surface area contributed by atoms with Gasteiger partial charge in [-0.15, -0.1) is 0 Å². The van der Waals surface area contributed by atoms with Crippen molar-refractivity contribution < 1.29 is 19.1 Å². The van der Waals surface area contributed by atoms with E-state index in [-0.39, 0.29) is 20.8 Å². The number of methoxy groups -OCH3 is 2. The van der Waals surface area contributed by atoms with Crippen LogP contribution in [0.4, 0.5) is 17.3 Å². The average molecular weight is 876 g/mol. The smallest absolute Gasteiger partial charge is 0.337 e. The van der Waals surface area contributed by atoms with Gasteiger partial charge in [0.25, 0.3) is 0 Å². The van der Waals surface area contributed by atoms with E-state index >= 15 is 0 Å². The van der Waals surface area contributed by atoms with Crippen molar-refractivity contribution in [3.05, 3.63) is 172 Å². The predicted molar refractivity (Wildman–Crippen MR) is 250 cm³/mol. The first-order valence-electron chi connectivity index (χ1n) is 19.1. The van der Waals surface area contributed by atoms with E-state index in [1.165, 1.54) is 25.3 Å². The van der Waals surface area contributed by atoms with Crippen LogP contribution in [0.3, 0.4) is 0 Å². The predicted octanol–water partition coefficient (Wildman–Crippen LogP) is 11.6. The molecule has 9 rings (SSSR count). The van der Waals surface area contributed by atoms with Crippen molar-refractivity contribution in [1.29, 1.82) is 0 Å². The Labute approximate surface area is 364 Å². The van der Waals surface area contributed by atoms with E-state index < -0.39 is 5.97 Å². The number of carbonyl (C=O) groups is 2. The lowest BCUT2D eigenvalue weighted by Crippen LogP contribution is -2.17. The van der Waals surface area contributed by atoms with Crippen molar-refractivity contribution in [2.24, 2.45) is 0 Å². The number of ether oxygens (including phenoxy) is 2. The van der Waals surface area contributed by atoms with Crippen LogP contribution in [0.15, 0.2) is 150 Å². The molecule has 10 nitrogen and oxygen atoms in total. The molecule has 1 aliphatic heterocycles. The molecule has 0 bridgehead atoms. The zero-order valence-corrected chi connectivity index (χ0v) is 34.0. The van der Waals surface area contributed by atoms with E-state index in [0.717, 1.165) is 68.9 Å². The number of hydrogen-bond donors (Lipinski definition) is 1. The summed E-state index contributed by atoms with van der Waals surface area (Å²) < 4.78 is 10.8. The third-order valence-electron chi connectivity index (χ3n) is 10.0. The summed E-state index contributed by atoms with van der Waals surface area (Å²) >= 11 is 3.60. The maximum absolute atomic E-state index is 12.0. The summed E-state index contributed by atoms with van der Waals surface area (Å²) in [5.74, 6) is 0.710. The van der Waals surface area contributed by atoms with Crippen LogP contribution >= 0.6 is 15.9 Å². The fourth-order valence-corrected chi connectivity index (χ4v) is 7.55. The Morgan fingerprint density at radius 3 is 1.79 bits per heavy atom. The van der Waals surface area contributed by atoms with Crippen LogP contribution in [0.25, 0.3) is 44.6 Å². The van der Waals surface area contributed by atoms with Crippen LogP contribution in [0.5, 0.6) is 0 Å². The average Bonchev–Trinajstić information content (AvgIpc) is 3.73. The van der Waals surface area contributed by atoms with Gasteiger partial charge in [0.15, 0.2) is 11.6 Å². The van der Waals surface area contributed by atoms with E-state index in [4.69, 9.17) is 29.4 Å². The molecule has 0 aliphatic carbocycles. The molecule has 2 aromatic heterocycles. The Kier molecular flexibility index (Phi) is 14.2. The summed E-state index contributed by atoms with van der Waals surface area (Å²) in [6, 6.07) is 47.1. The molecule has 0 saturated heterocycles. The summed E-state index contributed by atoms with van der Waals surface area (Å²) in [5.41, 5.74) is 11.0. The van der Waals surface area contributed by atoms with Crippen molar-refractivity contribution in [3.63, 3.8) is 0 Å². The Hall–Kier alpha value is -6.98. The largest absolute Gasteiger partial charge is 0.465 e. The van der Waals surface area contributed by atoms with Gasteiger partial charge < -0.3 is 19.7 Å². The normalized spacial score (nSPS) is 11.4. The number of aromatic nitrogens is 4. The standard InChI is InChI=1S/C24H20BrN3O2.C24H19N3O2.2CH4/c1-30-24(29)18-11-12-20-21(15-18)28-23(22(27-20)17-8-3-2-4-9-17)26-14-13-16-7-5-6-10-19(16)25;1-29-24(28)18-11-12-19-20(15-18)26-23(22(25-19)17-8-3-2-4-9-17)27-14-13-16-7-5-6-10-21(16)27;;/h2-12,15H,13-14H2,1H3,(H,26,28);2-12,15H,13-14H2,1H3;2*1H4. The maximum Gasteiger partial charge on any atom is 0.337 e. The van der Waals surface area contributed by atoms with E-state index in [1.54, 1.807) is 30.3 Å². The number of fused-ring (bicyclic) bond motifs is 3. The maximum atomic E-state index is 12.0. The second-order valence-corrected chi connectivity index (χ2v) is 14.6. The highest BCUT2D eigenvalue weighted by Gasteiger charge is 2.25. The number of esters is 2. The number of rotatable bonds is 9.